The van der Waals surface area contributed by atoms with Gasteiger partial charge < -0.3 is 4.90 Å². The predicted molar refractivity (Wildman–Crippen MR) is 115 cm³/mol. The van der Waals surface area contributed by atoms with Gasteiger partial charge in [-0.05, 0) is 44.0 Å². The molecule has 0 bridgehead atoms. The Balaban J connectivity index is 0.00000385. The van der Waals surface area contributed by atoms with Gasteiger partial charge in [0.15, 0.2) is 0 Å². The number of hydrogen-bond donors (Lipinski definition) is 0. The van der Waals surface area contributed by atoms with Gasteiger partial charge in [0.05, 0.1) is 11.1 Å². The van der Waals surface area contributed by atoms with Crippen molar-refractivity contribution in [2.45, 2.75) is 44.7 Å². The van der Waals surface area contributed by atoms with Crippen LogP contribution in [0.2, 0.25) is 0 Å². The van der Waals surface area contributed by atoms with E-state index in [2.05, 4.69) is 4.90 Å². The zero-order valence-corrected chi connectivity index (χ0v) is 18.9. The van der Waals surface area contributed by atoms with Crippen LogP contribution >= 0.6 is 12.4 Å². The Bertz CT molecular complexity index is 914. The summed E-state index contributed by atoms with van der Waals surface area (Å²) >= 11 is 0. The van der Waals surface area contributed by atoms with Gasteiger partial charge in [-0.25, -0.2) is 0 Å². The van der Waals surface area contributed by atoms with Gasteiger partial charge in [-0.15, -0.1) is 12.4 Å². The summed E-state index contributed by atoms with van der Waals surface area (Å²) in [4.78, 5) is 16.8. The van der Waals surface area contributed by atoms with Crippen LogP contribution in [0.25, 0.3) is 0 Å². The van der Waals surface area contributed by atoms with Crippen LogP contribution in [0.15, 0.2) is 48.5 Å². The third-order valence-corrected chi connectivity index (χ3v) is 5.65. The highest BCUT2D eigenvalue weighted by atomic mass is 35.5. The molecule has 1 amide bonds. The molecule has 3 rings (SSSR count). The van der Waals surface area contributed by atoms with Crippen molar-refractivity contribution in [2.24, 2.45) is 0 Å². The maximum atomic E-state index is 13.2. The van der Waals surface area contributed by atoms with E-state index in [1.807, 2.05) is 44.2 Å². The van der Waals surface area contributed by atoms with Crippen molar-refractivity contribution in [3.05, 3.63) is 70.8 Å². The van der Waals surface area contributed by atoms with Crippen molar-refractivity contribution in [2.75, 3.05) is 19.6 Å². The molecule has 33 heavy (non-hydrogen) atoms. The highest BCUT2D eigenvalue weighted by Gasteiger charge is 2.39. The summed E-state index contributed by atoms with van der Waals surface area (Å²) in [6, 6.07) is 10.1. The zero-order valence-electron chi connectivity index (χ0n) is 18.1. The molecule has 1 atom stereocenters. The molecular weight excluding hydrogens is 470 g/mol. The quantitative estimate of drug-likeness (QED) is 0.492. The van der Waals surface area contributed by atoms with Crippen molar-refractivity contribution in [3.63, 3.8) is 0 Å². The Morgan fingerprint density at radius 3 is 1.97 bits per heavy atom. The molecule has 1 fully saturated rings. The van der Waals surface area contributed by atoms with E-state index >= 15 is 0 Å². The highest BCUT2D eigenvalue weighted by molar-refractivity contribution is 5.95. The number of hydrogen-bond acceptors (Lipinski definition) is 2. The second-order valence-corrected chi connectivity index (χ2v) is 8.23. The van der Waals surface area contributed by atoms with Crippen LogP contribution in [0.3, 0.4) is 0 Å². The van der Waals surface area contributed by atoms with Gasteiger partial charge in [-0.1, -0.05) is 30.3 Å². The number of piperazine rings is 1. The summed E-state index contributed by atoms with van der Waals surface area (Å²) in [6.07, 6.45) is -9.56. The van der Waals surface area contributed by atoms with Crippen LogP contribution < -0.4 is 0 Å². The Morgan fingerprint density at radius 2 is 1.48 bits per heavy atom. The van der Waals surface area contributed by atoms with Crippen molar-refractivity contribution in [3.8, 4) is 0 Å². The second kappa shape index (κ2) is 10.3. The first-order valence-corrected chi connectivity index (χ1v) is 10.2. The van der Waals surface area contributed by atoms with E-state index in [0.717, 1.165) is 5.56 Å². The maximum absolute atomic E-state index is 13.2. The number of amides is 1. The number of carbonyl (C=O) groups is 1. The Kier molecular flexibility index (Phi) is 8.46. The topological polar surface area (TPSA) is 23.6 Å². The summed E-state index contributed by atoms with van der Waals surface area (Å²) in [5.74, 6) is -0.828. The molecule has 0 saturated carbocycles. The Morgan fingerprint density at radius 1 is 0.939 bits per heavy atom. The molecule has 0 spiro atoms. The van der Waals surface area contributed by atoms with Crippen molar-refractivity contribution in [1.29, 1.82) is 0 Å². The highest BCUT2D eigenvalue weighted by Crippen LogP contribution is 2.36. The van der Waals surface area contributed by atoms with E-state index < -0.39 is 35.0 Å². The van der Waals surface area contributed by atoms with E-state index in [-0.39, 0.29) is 37.1 Å². The van der Waals surface area contributed by atoms with Crippen LogP contribution in [0.1, 0.15) is 40.9 Å². The van der Waals surface area contributed by atoms with Gasteiger partial charge in [-0.3, -0.25) is 9.69 Å². The molecule has 1 heterocycles. The van der Waals surface area contributed by atoms with Crippen LogP contribution in [0.4, 0.5) is 26.3 Å². The lowest BCUT2D eigenvalue weighted by molar-refractivity contribution is -0.143. The van der Waals surface area contributed by atoms with Crippen LogP contribution in [0.5, 0.6) is 0 Å². The lowest BCUT2D eigenvalue weighted by atomic mass is 9.98. The average Bonchev–Trinajstić information content (AvgIpc) is 2.72. The summed E-state index contributed by atoms with van der Waals surface area (Å²) in [6.45, 7) is 5.17. The smallest absolute Gasteiger partial charge is 0.333 e. The van der Waals surface area contributed by atoms with Crippen molar-refractivity contribution < 1.29 is 31.1 Å². The van der Waals surface area contributed by atoms with Crippen LogP contribution in [0, 0.1) is 0 Å². The molecule has 0 radical (unpaired) electrons. The SMILES string of the molecule is CC(C)N1CCN(C(=O)c2cc(C(F)(F)F)cc(C(F)(F)F)c2)[C@H](Cc2ccccc2)C1.Cl. The lowest BCUT2D eigenvalue weighted by Crippen LogP contribution is -2.57. The first-order chi connectivity index (χ1) is 14.9. The first-order valence-electron chi connectivity index (χ1n) is 10.2. The molecule has 3 nitrogen and oxygen atoms in total. The minimum Gasteiger partial charge on any atom is -0.333 e. The molecule has 2 aromatic rings. The van der Waals surface area contributed by atoms with Crippen LogP contribution in [-0.4, -0.2) is 47.4 Å². The Labute approximate surface area is 194 Å². The van der Waals surface area contributed by atoms with E-state index in [1.54, 1.807) is 0 Å². The van der Waals surface area contributed by atoms with E-state index in [1.165, 1.54) is 4.90 Å². The minimum absolute atomic E-state index is 0. The number of benzene rings is 2. The van der Waals surface area contributed by atoms with Gasteiger partial charge in [0.2, 0.25) is 0 Å². The predicted octanol–water partition coefficient (Wildman–Crippen LogP) is 5.92. The average molecular weight is 495 g/mol. The van der Waals surface area contributed by atoms with Gasteiger partial charge in [0.25, 0.3) is 5.91 Å². The van der Waals surface area contributed by atoms with Crippen molar-refractivity contribution in [1.82, 2.24) is 9.80 Å². The number of alkyl halides is 6. The normalized spacial score (nSPS) is 17.7. The fraction of sp³-hybridized carbons (Fsp3) is 0.435. The van der Waals surface area contributed by atoms with E-state index in [0.29, 0.717) is 31.6 Å². The fourth-order valence-electron chi connectivity index (χ4n) is 3.92. The maximum Gasteiger partial charge on any atom is 0.416 e. The molecule has 10 heteroatoms. The van der Waals surface area contributed by atoms with Crippen LogP contribution in [-0.2, 0) is 18.8 Å². The monoisotopic (exact) mass is 494 g/mol. The molecule has 0 aromatic heterocycles. The third kappa shape index (κ3) is 6.63. The van der Waals surface area contributed by atoms with Gasteiger partial charge in [-0.2, -0.15) is 26.3 Å². The summed E-state index contributed by atoms with van der Waals surface area (Å²) < 4.78 is 79.5. The molecule has 0 N–H and O–H groups in total. The molecular formula is C23H25ClF6N2O. The zero-order chi connectivity index (χ0) is 23.7. The lowest BCUT2D eigenvalue weighted by Gasteiger charge is -2.43. The summed E-state index contributed by atoms with van der Waals surface area (Å²) in [5.41, 5.74) is -2.66. The van der Waals surface area contributed by atoms with Gasteiger partial charge in [0.1, 0.15) is 0 Å². The number of nitrogens with zero attached hydrogens (tertiary/aromatic N) is 2. The molecule has 1 aliphatic heterocycles. The summed E-state index contributed by atoms with van der Waals surface area (Å²) in [7, 11) is 0. The number of carbonyl (C=O) groups excluding carboxylic acids is 1. The van der Waals surface area contributed by atoms with E-state index in [4.69, 9.17) is 0 Å². The standard InChI is InChI=1S/C23H24F6N2O.ClH/c1-15(2)30-8-9-31(20(14-30)10-16-6-4-3-5-7-16)21(32)17-11-18(22(24,25)26)13-19(12-17)23(27,28)29;/h3-7,11-13,15,20H,8-10,14H2,1-2H3;1H/t20-;/m1./s1. The van der Waals surface area contributed by atoms with Gasteiger partial charge in [0, 0.05) is 37.3 Å². The second-order valence-electron chi connectivity index (χ2n) is 8.23. The number of halogens is 7. The largest absolute Gasteiger partial charge is 0.416 e. The molecule has 1 saturated heterocycles. The van der Waals surface area contributed by atoms with E-state index in [9.17, 15) is 31.1 Å². The molecule has 182 valence electrons. The Hall–Kier alpha value is -2.26. The van der Waals surface area contributed by atoms with Gasteiger partial charge >= 0.3 is 12.4 Å². The molecule has 2 aromatic carbocycles. The molecule has 0 aliphatic carbocycles. The minimum atomic E-state index is -5.00. The summed E-state index contributed by atoms with van der Waals surface area (Å²) in [5, 5.41) is 0. The molecule has 0 unspecified atom stereocenters. The van der Waals surface area contributed by atoms with Crippen molar-refractivity contribution >= 4 is 18.3 Å². The third-order valence-electron chi connectivity index (χ3n) is 5.65. The first kappa shape index (κ1) is 27.0. The molecule has 1 aliphatic rings. The fourth-order valence-corrected chi connectivity index (χ4v) is 3.92. The number of rotatable bonds is 4.